The van der Waals surface area contributed by atoms with Crippen molar-refractivity contribution in [2.24, 2.45) is 5.92 Å². The smallest absolute Gasteiger partial charge is 0.226 e. The van der Waals surface area contributed by atoms with E-state index >= 15 is 0 Å². The standard InChI is InChI=1S/C23H23ClFN3O/c24-20-7-9-22(25)19(12-20)15-27-11-10-18(23(27)29)6-8-21-13-26-16-28(21)14-17-4-2-1-3-5-17/h1-5,7,9,12-13,16,18H,6,8,10-11,14-15H2/t18-/m0/s1. The Hall–Kier alpha value is -2.66. The predicted octanol–water partition coefficient (Wildman–Crippen LogP) is 4.71. The third kappa shape index (κ3) is 4.67. The molecule has 150 valence electrons. The van der Waals surface area contributed by atoms with Gasteiger partial charge in [-0.1, -0.05) is 41.9 Å². The van der Waals surface area contributed by atoms with E-state index in [1.165, 1.54) is 17.7 Å². The summed E-state index contributed by atoms with van der Waals surface area (Å²) < 4.78 is 16.1. The summed E-state index contributed by atoms with van der Waals surface area (Å²) in [5.74, 6) is -0.258. The van der Waals surface area contributed by atoms with Crippen LogP contribution in [0.5, 0.6) is 0 Å². The molecule has 4 rings (SSSR count). The minimum atomic E-state index is -0.324. The van der Waals surface area contributed by atoms with Crippen LogP contribution in [0, 0.1) is 11.7 Å². The number of aromatic nitrogens is 2. The van der Waals surface area contributed by atoms with Crippen molar-refractivity contribution < 1.29 is 9.18 Å². The van der Waals surface area contributed by atoms with Crippen LogP contribution in [0.2, 0.25) is 5.02 Å². The fourth-order valence-electron chi connectivity index (χ4n) is 3.90. The predicted molar refractivity (Wildman–Crippen MR) is 111 cm³/mol. The number of amides is 1. The second kappa shape index (κ2) is 8.78. The monoisotopic (exact) mass is 411 g/mol. The van der Waals surface area contributed by atoms with Gasteiger partial charge in [-0.15, -0.1) is 0 Å². The maximum atomic E-state index is 14.0. The van der Waals surface area contributed by atoms with Gasteiger partial charge in [-0.2, -0.15) is 0 Å². The third-order valence-electron chi connectivity index (χ3n) is 5.52. The van der Waals surface area contributed by atoms with Gasteiger partial charge in [0.2, 0.25) is 5.91 Å². The number of carbonyl (C=O) groups is 1. The first-order valence-electron chi connectivity index (χ1n) is 9.86. The van der Waals surface area contributed by atoms with E-state index in [-0.39, 0.29) is 24.2 Å². The van der Waals surface area contributed by atoms with Crippen molar-refractivity contribution in [2.75, 3.05) is 6.54 Å². The Morgan fingerprint density at radius 3 is 2.79 bits per heavy atom. The summed E-state index contributed by atoms with van der Waals surface area (Å²) in [5.41, 5.74) is 2.81. The zero-order valence-electron chi connectivity index (χ0n) is 16.1. The van der Waals surface area contributed by atoms with Crippen LogP contribution in [-0.2, 0) is 24.3 Å². The van der Waals surface area contributed by atoms with E-state index in [0.717, 1.165) is 31.5 Å². The van der Waals surface area contributed by atoms with Crippen molar-refractivity contribution >= 4 is 17.5 Å². The minimum absolute atomic E-state index is 0.0303. The van der Waals surface area contributed by atoms with Crippen LogP contribution in [0.4, 0.5) is 4.39 Å². The number of benzene rings is 2. The molecule has 0 radical (unpaired) electrons. The van der Waals surface area contributed by atoms with Crippen LogP contribution >= 0.6 is 11.6 Å². The molecule has 1 aromatic heterocycles. The van der Waals surface area contributed by atoms with Crippen LogP contribution in [0.15, 0.2) is 61.1 Å². The molecule has 1 saturated heterocycles. The van der Waals surface area contributed by atoms with Gasteiger partial charge in [0.1, 0.15) is 5.82 Å². The molecule has 0 saturated carbocycles. The van der Waals surface area contributed by atoms with Gasteiger partial charge in [-0.25, -0.2) is 9.37 Å². The maximum absolute atomic E-state index is 14.0. The molecule has 1 fully saturated rings. The second-order valence-electron chi connectivity index (χ2n) is 7.52. The van der Waals surface area contributed by atoms with Crippen LogP contribution in [0.3, 0.4) is 0 Å². The van der Waals surface area contributed by atoms with Gasteiger partial charge in [-0.05, 0) is 43.0 Å². The molecule has 1 atom stereocenters. The van der Waals surface area contributed by atoms with Crippen molar-refractivity contribution in [1.82, 2.24) is 14.5 Å². The molecule has 1 aliphatic rings. The van der Waals surface area contributed by atoms with Crippen molar-refractivity contribution in [3.05, 3.63) is 88.7 Å². The number of carbonyl (C=O) groups excluding carboxylic acids is 1. The fourth-order valence-corrected chi connectivity index (χ4v) is 4.09. The highest BCUT2D eigenvalue weighted by atomic mass is 35.5. The normalized spacial score (nSPS) is 16.6. The summed E-state index contributed by atoms with van der Waals surface area (Å²) in [5, 5.41) is 0.483. The van der Waals surface area contributed by atoms with Crippen LogP contribution in [-0.4, -0.2) is 26.9 Å². The quantitative estimate of drug-likeness (QED) is 0.565. The van der Waals surface area contributed by atoms with E-state index < -0.39 is 0 Å². The van der Waals surface area contributed by atoms with Gasteiger partial charge in [0.05, 0.1) is 6.33 Å². The molecular formula is C23H23ClFN3O. The Morgan fingerprint density at radius 1 is 1.14 bits per heavy atom. The lowest BCUT2D eigenvalue weighted by atomic mass is 10.0. The van der Waals surface area contributed by atoms with Crippen molar-refractivity contribution in [3.8, 4) is 0 Å². The molecule has 6 heteroatoms. The Kier molecular flexibility index (Phi) is 5.95. The first kappa shape index (κ1) is 19.6. The van der Waals surface area contributed by atoms with Crippen molar-refractivity contribution in [1.29, 1.82) is 0 Å². The molecule has 0 bridgehead atoms. The summed E-state index contributed by atoms with van der Waals surface area (Å²) >= 11 is 5.97. The van der Waals surface area contributed by atoms with Crippen molar-refractivity contribution in [2.45, 2.75) is 32.4 Å². The number of likely N-dealkylation sites (tertiary alicyclic amines) is 1. The molecule has 0 N–H and O–H groups in total. The first-order chi connectivity index (χ1) is 14.1. The summed E-state index contributed by atoms with van der Waals surface area (Å²) in [6.45, 7) is 1.70. The SMILES string of the molecule is O=C1[C@@H](CCc2cncn2Cc2ccccc2)CCN1Cc1cc(Cl)ccc1F. The summed E-state index contributed by atoms with van der Waals surface area (Å²) in [6.07, 6.45) is 6.08. The van der Waals surface area contributed by atoms with Crippen molar-refractivity contribution in [3.63, 3.8) is 0 Å². The van der Waals surface area contributed by atoms with E-state index in [1.807, 2.05) is 30.7 Å². The number of imidazole rings is 1. The molecule has 4 nitrogen and oxygen atoms in total. The average Bonchev–Trinajstić information content (AvgIpc) is 3.30. The number of aryl methyl sites for hydroxylation is 1. The Balaban J connectivity index is 1.35. The number of hydrogen-bond donors (Lipinski definition) is 0. The molecule has 2 heterocycles. The molecule has 0 unspecified atom stereocenters. The molecular weight excluding hydrogens is 389 g/mol. The number of rotatable bonds is 7. The van der Waals surface area contributed by atoms with Gasteiger partial charge in [0, 0.05) is 48.0 Å². The Morgan fingerprint density at radius 2 is 1.97 bits per heavy atom. The van der Waals surface area contributed by atoms with Gasteiger partial charge in [0.25, 0.3) is 0 Å². The Bertz CT molecular complexity index is 989. The highest BCUT2D eigenvalue weighted by Crippen LogP contribution is 2.26. The lowest BCUT2D eigenvalue weighted by Gasteiger charge is -2.17. The minimum Gasteiger partial charge on any atom is -0.338 e. The van der Waals surface area contributed by atoms with Crippen LogP contribution in [0.25, 0.3) is 0 Å². The molecule has 3 aromatic rings. The molecule has 0 aliphatic carbocycles. The second-order valence-corrected chi connectivity index (χ2v) is 7.95. The van der Waals surface area contributed by atoms with E-state index in [2.05, 4.69) is 21.7 Å². The van der Waals surface area contributed by atoms with Gasteiger partial charge in [0.15, 0.2) is 0 Å². The molecule has 0 spiro atoms. The maximum Gasteiger partial charge on any atom is 0.226 e. The van der Waals surface area contributed by atoms with Gasteiger partial charge < -0.3 is 9.47 Å². The van der Waals surface area contributed by atoms with E-state index in [1.54, 1.807) is 11.0 Å². The number of halogens is 2. The molecule has 29 heavy (non-hydrogen) atoms. The fraction of sp³-hybridized carbons (Fsp3) is 0.304. The summed E-state index contributed by atoms with van der Waals surface area (Å²) in [6, 6.07) is 14.7. The molecule has 1 aliphatic heterocycles. The van der Waals surface area contributed by atoms with E-state index in [9.17, 15) is 9.18 Å². The van der Waals surface area contributed by atoms with Crippen LogP contribution in [0.1, 0.15) is 29.7 Å². The number of nitrogens with zero attached hydrogens (tertiary/aromatic N) is 3. The summed E-state index contributed by atoms with van der Waals surface area (Å²) in [4.78, 5) is 18.8. The highest BCUT2D eigenvalue weighted by molar-refractivity contribution is 6.30. The lowest BCUT2D eigenvalue weighted by molar-refractivity contribution is -0.131. The first-order valence-corrected chi connectivity index (χ1v) is 10.2. The van der Waals surface area contributed by atoms with Gasteiger partial charge >= 0.3 is 0 Å². The lowest BCUT2D eigenvalue weighted by Crippen LogP contribution is -2.27. The number of hydrogen-bond acceptors (Lipinski definition) is 2. The zero-order valence-corrected chi connectivity index (χ0v) is 16.9. The average molecular weight is 412 g/mol. The Labute approximate surface area is 174 Å². The third-order valence-corrected chi connectivity index (χ3v) is 5.76. The largest absolute Gasteiger partial charge is 0.338 e. The zero-order chi connectivity index (χ0) is 20.2. The molecule has 1 amide bonds. The van der Waals surface area contributed by atoms with E-state index in [4.69, 9.17) is 11.6 Å². The van der Waals surface area contributed by atoms with Crippen LogP contribution < -0.4 is 0 Å². The topological polar surface area (TPSA) is 38.1 Å². The highest BCUT2D eigenvalue weighted by Gasteiger charge is 2.31. The van der Waals surface area contributed by atoms with Gasteiger partial charge in [-0.3, -0.25) is 4.79 Å². The summed E-state index contributed by atoms with van der Waals surface area (Å²) in [7, 11) is 0. The van der Waals surface area contributed by atoms with E-state index in [0.29, 0.717) is 17.1 Å². The molecule has 2 aromatic carbocycles.